The quantitative estimate of drug-likeness (QED) is 0.488. The van der Waals surface area contributed by atoms with Crippen molar-refractivity contribution in [1.82, 2.24) is 0 Å². The van der Waals surface area contributed by atoms with Gasteiger partial charge in [-0.05, 0) is 50.1 Å². The van der Waals surface area contributed by atoms with Gasteiger partial charge >= 0.3 is 5.97 Å². The first kappa shape index (κ1) is 28.6. The minimum Gasteiger partial charge on any atom is -0.496 e. The van der Waals surface area contributed by atoms with Gasteiger partial charge in [-0.25, -0.2) is 4.79 Å². The van der Waals surface area contributed by atoms with E-state index in [0.29, 0.717) is 59.6 Å². The van der Waals surface area contributed by atoms with E-state index in [1.807, 2.05) is 24.3 Å². The van der Waals surface area contributed by atoms with Crippen molar-refractivity contribution in [3.63, 3.8) is 0 Å². The van der Waals surface area contributed by atoms with E-state index >= 15 is 0 Å². The third-order valence-corrected chi connectivity index (χ3v) is 9.30. The molecule has 5 aliphatic rings. The Labute approximate surface area is 254 Å². The van der Waals surface area contributed by atoms with Crippen LogP contribution in [0.2, 0.25) is 0 Å². The third-order valence-electron chi connectivity index (χ3n) is 9.30. The largest absolute Gasteiger partial charge is 0.496 e. The fourth-order valence-electron chi connectivity index (χ4n) is 7.25. The van der Waals surface area contributed by atoms with Gasteiger partial charge in [0.2, 0.25) is 5.76 Å². The maximum Gasteiger partial charge on any atom is 0.374 e. The van der Waals surface area contributed by atoms with E-state index in [9.17, 15) is 19.8 Å². The summed E-state index contributed by atoms with van der Waals surface area (Å²) in [6, 6.07) is 6.03. The Morgan fingerprint density at radius 2 is 2.02 bits per heavy atom. The third kappa shape index (κ3) is 4.24. The number of hydrogen-bond acceptors (Lipinski definition) is 9. The summed E-state index contributed by atoms with van der Waals surface area (Å²) >= 11 is 0. The molecule has 0 bridgehead atoms. The van der Waals surface area contributed by atoms with Crippen LogP contribution in [0.5, 0.6) is 17.2 Å². The number of fused-ring (bicyclic) bond motifs is 6. The zero-order valence-electron chi connectivity index (χ0n) is 25.2. The van der Waals surface area contributed by atoms with Crippen LogP contribution in [-0.2, 0) is 27.4 Å². The zero-order chi connectivity index (χ0) is 30.9. The standard InChI is InChI=1S/C35H35NO8/c1-5-42-34(39)33-21-8-7-19-20(9-11-25(38)27(19)18-6-10-24-17(14-18)12-13-36-24)28(21)29-31(41-4)22-15-26(35(2,3)40)43-30(22)23(16-37)32(29)44-33/h6-8,10,12,14,19,26-27,37,40H,5,9,11,13,15-16H2,1-4H3/t19-,26-,27-/m0/s1. The van der Waals surface area contributed by atoms with Crippen LogP contribution in [0.1, 0.15) is 61.8 Å². The Morgan fingerprint density at radius 1 is 1.20 bits per heavy atom. The SMILES string of the molecule is CCOC(=O)C1=C2C=C[C@H]3C(=C2c2c(OC)c4c(c(CO)c2O1)O[C@H](C(C)(C)O)C4)CCC(=O)[C@H]3c1ccc2c(c1)=CCN=2. The topological polar surface area (TPSA) is 124 Å². The summed E-state index contributed by atoms with van der Waals surface area (Å²) < 4.78 is 24.1. The van der Waals surface area contributed by atoms with E-state index in [-0.39, 0.29) is 29.8 Å². The van der Waals surface area contributed by atoms with Crippen molar-refractivity contribution in [3.05, 3.63) is 80.1 Å². The van der Waals surface area contributed by atoms with Gasteiger partial charge < -0.3 is 29.2 Å². The van der Waals surface area contributed by atoms with Gasteiger partial charge in [0.05, 0.1) is 54.9 Å². The van der Waals surface area contributed by atoms with Gasteiger partial charge in [-0.15, -0.1) is 0 Å². The van der Waals surface area contributed by atoms with E-state index in [0.717, 1.165) is 27.3 Å². The number of ether oxygens (including phenoxy) is 4. The molecule has 2 aromatic rings. The van der Waals surface area contributed by atoms with Gasteiger partial charge in [0, 0.05) is 35.5 Å². The van der Waals surface area contributed by atoms with Crippen molar-refractivity contribution in [3.8, 4) is 17.2 Å². The normalized spacial score (nSPS) is 23.0. The molecular formula is C35H35NO8. The van der Waals surface area contributed by atoms with Gasteiger partial charge in [0.15, 0.2) is 0 Å². The summed E-state index contributed by atoms with van der Waals surface area (Å²) in [6.07, 6.45) is 6.49. The summed E-state index contributed by atoms with van der Waals surface area (Å²) in [5.41, 5.74) is 3.74. The van der Waals surface area contributed by atoms with Gasteiger partial charge in [-0.2, -0.15) is 0 Å². The van der Waals surface area contributed by atoms with E-state index in [4.69, 9.17) is 18.9 Å². The summed E-state index contributed by atoms with van der Waals surface area (Å²) in [5, 5.41) is 23.5. The number of aliphatic hydroxyl groups excluding tert-OH is 1. The lowest BCUT2D eigenvalue weighted by atomic mass is 9.66. The van der Waals surface area contributed by atoms with Crippen LogP contribution < -0.4 is 24.8 Å². The Morgan fingerprint density at radius 3 is 2.75 bits per heavy atom. The second kappa shape index (κ2) is 10.5. The molecule has 9 heteroatoms. The second-order valence-corrected chi connectivity index (χ2v) is 12.3. The predicted octanol–water partition coefficient (Wildman–Crippen LogP) is 2.97. The molecule has 0 radical (unpaired) electrons. The second-order valence-electron chi connectivity index (χ2n) is 12.3. The first-order chi connectivity index (χ1) is 21.2. The Hall–Kier alpha value is -4.21. The molecule has 3 atom stereocenters. The molecule has 44 heavy (non-hydrogen) atoms. The molecule has 0 amide bonds. The monoisotopic (exact) mass is 597 g/mol. The number of ketones is 1. The van der Waals surface area contributed by atoms with E-state index in [1.54, 1.807) is 27.9 Å². The molecule has 0 saturated heterocycles. The van der Waals surface area contributed by atoms with Gasteiger partial charge in [-0.1, -0.05) is 29.9 Å². The molecule has 0 aromatic heterocycles. The number of hydrogen-bond donors (Lipinski definition) is 2. The smallest absolute Gasteiger partial charge is 0.374 e. The average molecular weight is 598 g/mol. The van der Waals surface area contributed by atoms with Crippen molar-refractivity contribution in [2.45, 2.75) is 64.3 Å². The van der Waals surface area contributed by atoms with Gasteiger partial charge in [-0.3, -0.25) is 9.79 Å². The molecule has 2 N–H and O–H groups in total. The lowest BCUT2D eigenvalue weighted by Gasteiger charge is -2.38. The van der Waals surface area contributed by atoms with Gasteiger partial charge in [0.1, 0.15) is 29.1 Å². The van der Waals surface area contributed by atoms with Crippen LogP contribution >= 0.6 is 0 Å². The summed E-state index contributed by atoms with van der Waals surface area (Å²) in [7, 11) is 1.57. The Bertz CT molecular complexity index is 1840. The molecule has 0 unspecified atom stereocenters. The molecule has 2 aliphatic carbocycles. The first-order valence-electron chi connectivity index (χ1n) is 15.1. The first-order valence-corrected chi connectivity index (χ1v) is 15.1. The summed E-state index contributed by atoms with van der Waals surface area (Å²) in [6.45, 7) is 5.43. The average Bonchev–Trinajstić information content (AvgIpc) is 3.66. The molecule has 3 heterocycles. The maximum atomic E-state index is 13.6. The van der Waals surface area contributed by atoms with Crippen molar-refractivity contribution in [2.75, 3.05) is 20.3 Å². The van der Waals surface area contributed by atoms with Crippen LogP contribution in [-0.4, -0.2) is 53.9 Å². The van der Waals surface area contributed by atoms with Crippen LogP contribution in [0.25, 0.3) is 11.6 Å². The minimum atomic E-state index is -1.17. The van der Waals surface area contributed by atoms with Crippen molar-refractivity contribution >= 4 is 23.4 Å². The molecule has 7 rings (SSSR count). The highest BCUT2D eigenvalue weighted by Gasteiger charge is 2.46. The molecule has 3 aliphatic heterocycles. The fourth-order valence-corrected chi connectivity index (χ4v) is 7.25. The van der Waals surface area contributed by atoms with Crippen LogP contribution in [0.15, 0.2) is 52.2 Å². The van der Waals surface area contributed by atoms with Gasteiger partial charge in [0.25, 0.3) is 0 Å². The lowest BCUT2D eigenvalue weighted by molar-refractivity contribution is -0.141. The number of carbonyl (C=O) groups excluding carboxylic acids is 2. The number of nitrogens with zero attached hydrogens (tertiary/aromatic N) is 1. The van der Waals surface area contributed by atoms with Crippen molar-refractivity contribution < 1.29 is 38.7 Å². The van der Waals surface area contributed by atoms with E-state index in [2.05, 4.69) is 17.1 Å². The number of esters is 1. The zero-order valence-corrected chi connectivity index (χ0v) is 25.2. The predicted molar refractivity (Wildman–Crippen MR) is 161 cm³/mol. The van der Waals surface area contributed by atoms with Crippen molar-refractivity contribution in [1.29, 1.82) is 0 Å². The number of benzene rings is 2. The number of carbonyl (C=O) groups is 2. The molecule has 1 saturated carbocycles. The molecular weight excluding hydrogens is 562 g/mol. The number of methoxy groups -OCH3 is 1. The minimum absolute atomic E-state index is 0.00693. The van der Waals surface area contributed by atoms with E-state index < -0.39 is 30.2 Å². The van der Waals surface area contributed by atoms with Crippen LogP contribution in [0, 0.1) is 5.92 Å². The summed E-state index contributed by atoms with van der Waals surface area (Å²) in [4.78, 5) is 31.5. The van der Waals surface area contributed by atoms with E-state index in [1.165, 1.54) is 0 Å². The fraction of sp³-hybridized carbons (Fsp3) is 0.400. The highest BCUT2D eigenvalue weighted by atomic mass is 16.6. The molecule has 228 valence electrons. The number of rotatable bonds is 6. The highest BCUT2D eigenvalue weighted by molar-refractivity contribution is 6.03. The van der Waals surface area contributed by atoms with Crippen LogP contribution in [0.3, 0.4) is 0 Å². The maximum absolute atomic E-state index is 13.6. The molecule has 9 nitrogen and oxygen atoms in total. The van der Waals surface area contributed by atoms with Crippen LogP contribution in [0.4, 0.5) is 0 Å². The Balaban J connectivity index is 1.48. The number of Topliss-reactive ketones (excluding diaryl/α,β-unsaturated/α-hetero) is 1. The molecule has 1 fully saturated rings. The number of allylic oxidation sites excluding steroid dienone is 5. The van der Waals surface area contributed by atoms with Crippen molar-refractivity contribution in [2.24, 2.45) is 10.9 Å². The summed E-state index contributed by atoms with van der Waals surface area (Å²) in [5.74, 6) is -0.0162. The lowest BCUT2D eigenvalue weighted by Crippen LogP contribution is -2.39. The molecule has 2 aromatic carbocycles. The Kier molecular flexibility index (Phi) is 6.78. The highest BCUT2D eigenvalue weighted by Crippen LogP contribution is 2.58. The number of aliphatic hydroxyl groups is 2. The molecule has 0 spiro atoms.